The number of anilines is 3. The normalized spacial score (nSPS) is 12.8. The van der Waals surface area contributed by atoms with Crippen LogP contribution in [0.4, 0.5) is 21.5 Å². The largest absolute Gasteiger partial charge is 0.496 e. The average molecular weight is 411 g/mol. The molecule has 0 spiro atoms. The zero-order chi connectivity index (χ0) is 21.4. The summed E-state index contributed by atoms with van der Waals surface area (Å²) in [5, 5.41) is 0. The van der Waals surface area contributed by atoms with Gasteiger partial charge in [0.05, 0.1) is 25.6 Å². The molecule has 0 fully saturated rings. The molecular weight excluding hydrogens is 389 g/mol. The second-order valence-electron chi connectivity index (χ2n) is 7.44. The van der Waals surface area contributed by atoms with Crippen LogP contribution in [-0.4, -0.2) is 14.2 Å². The van der Waals surface area contributed by atoms with Gasteiger partial charge in [0.15, 0.2) is 0 Å². The first-order valence-corrected chi connectivity index (χ1v) is 10.2. The van der Waals surface area contributed by atoms with E-state index in [0.29, 0.717) is 0 Å². The van der Waals surface area contributed by atoms with E-state index >= 15 is 0 Å². The van der Waals surface area contributed by atoms with Crippen molar-refractivity contribution in [1.82, 2.24) is 0 Å². The van der Waals surface area contributed by atoms with Crippen LogP contribution in [0.5, 0.6) is 11.5 Å². The van der Waals surface area contributed by atoms with Gasteiger partial charge in [-0.15, -0.1) is 0 Å². The predicted octanol–water partition coefficient (Wildman–Crippen LogP) is 6.81. The molecule has 31 heavy (non-hydrogen) atoms. The number of methoxy groups -OCH3 is 2. The lowest BCUT2D eigenvalue weighted by atomic mass is 9.79. The van der Waals surface area contributed by atoms with Gasteiger partial charge in [0.1, 0.15) is 17.3 Å². The molecule has 0 unspecified atom stereocenters. The van der Waals surface area contributed by atoms with Crippen molar-refractivity contribution in [3.05, 3.63) is 114 Å². The number of rotatable bonds is 4. The summed E-state index contributed by atoms with van der Waals surface area (Å²) >= 11 is 0. The van der Waals surface area contributed by atoms with Gasteiger partial charge in [-0.05, 0) is 54.1 Å². The molecule has 4 heteroatoms. The molecule has 3 nitrogen and oxygen atoms in total. The molecule has 0 N–H and O–H groups in total. The van der Waals surface area contributed by atoms with E-state index in [0.717, 1.165) is 45.3 Å². The Kier molecular flexibility index (Phi) is 4.83. The maximum Gasteiger partial charge on any atom is 0.125 e. The minimum absolute atomic E-state index is 0.169. The Morgan fingerprint density at radius 3 is 1.71 bits per heavy atom. The molecule has 154 valence electrons. The summed E-state index contributed by atoms with van der Waals surface area (Å²) in [4.78, 5) is 2.23. The van der Waals surface area contributed by atoms with E-state index in [1.807, 2.05) is 54.6 Å². The zero-order valence-corrected chi connectivity index (χ0v) is 17.4. The van der Waals surface area contributed by atoms with Crippen LogP contribution in [0.3, 0.4) is 0 Å². The second kappa shape index (κ2) is 7.80. The molecule has 0 amide bonds. The minimum atomic E-state index is -0.258. The molecule has 0 radical (unpaired) electrons. The van der Waals surface area contributed by atoms with Crippen molar-refractivity contribution in [3.63, 3.8) is 0 Å². The van der Waals surface area contributed by atoms with Gasteiger partial charge in [0, 0.05) is 22.7 Å². The average Bonchev–Trinajstić information content (AvgIpc) is 2.83. The Bertz CT molecular complexity index is 1170. The van der Waals surface area contributed by atoms with Crippen molar-refractivity contribution in [2.45, 2.75) is 5.92 Å². The number of benzene rings is 4. The number of nitrogens with zero attached hydrogens (tertiary/aromatic N) is 1. The number of hydrogen-bond donors (Lipinski definition) is 0. The summed E-state index contributed by atoms with van der Waals surface area (Å²) in [5.41, 5.74) is 6.13. The topological polar surface area (TPSA) is 21.7 Å². The Hall–Kier alpha value is -3.79. The minimum Gasteiger partial charge on any atom is -0.496 e. The van der Waals surface area contributed by atoms with E-state index in [1.54, 1.807) is 14.2 Å². The van der Waals surface area contributed by atoms with Crippen LogP contribution < -0.4 is 14.4 Å². The van der Waals surface area contributed by atoms with Crippen molar-refractivity contribution in [3.8, 4) is 11.5 Å². The van der Waals surface area contributed by atoms with Crippen molar-refractivity contribution < 1.29 is 13.9 Å². The lowest BCUT2D eigenvalue weighted by Crippen LogP contribution is -2.23. The molecule has 0 atom stereocenters. The summed E-state index contributed by atoms with van der Waals surface area (Å²) in [7, 11) is 3.36. The quantitative estimate of drug-likeness (QED) is 0.324. The summed E-state index contributed by atoms with van der Waals surface area (Å²) < 4.78 is 25.4. The third-order valence-electron chi connectivity index (χ3n) is 5.80. The maximum atomic E-state index is 13.8. The number of para-hydroxylation sites is 1. The predicted molar refractivity (Wildman–Crippen MR) is 122 cm³/mol. The number of fused-ring (bicyclic) bond motifs is 2. The van der Waals surface area contributed by atoms with E-state index < -0.39 is 0 Å². The summed E-state index contributed by atoms with van der Waals surface area (Å²) in [6.45, 7) is 0. The smallest absolute Gasteiger partial charge is 0.125 e. The zero-order valence-electron chi connectivity index (χ0n) is 17.4. The summed E-state index contributed by atoms with van der Waals surface area (Å²) in [6.07, 6.45) is 0. The van der Waals surface area contributed by atoms with E-state index in [1.165, 1.54) is 12.1 Å². The third kappa shape index (κ3) is 3.12. The standard InChI is InChI=1S/C27H22FNO2/c1-30-23-12-6-10-21-26(23)25(18-14-16-19(28)17-15-18)27-22(11-7-13-24(27)31-2)29(21)20-8-4-3-5-9-20/h3-17,25H,1-2H3. The van der Waals surface area contributed by atoms with Crippen molar-refractivity contribution >= 4 is 17.1 Å². The highest BCUT2D eigenvalue weighted by Gasteiger charge is 2.36. The molecule has 0 aromatic heterocycles. The third-order valence-corrected chi connectivity index (χ3v) is 5.80. The van der Waals surface area contributed by atoms with E-state index in [-0.39, 0.29) is 11.7 Å². The first-order chi connectivity index (χ1) is 15.2. The summed E-state index contributed by atoms with van der Waals surface area (Å²) in [6, 6.07) is 29.1. The van der Waals surface area contributed by atoms with Gasteiger partial charge in [-0.2, -0.15) is 0 Å². The molecule has 0 saturated heterocycles. The fourth-order valence-electron chi connectivity index (χ4n) is 4.51. The molecule has 0 aliphatic carbocycles. The Balaban J connectivity index is 1.88. The van der Waals surface area contributed by atoms with Gasteiger partial charge in [-0.3, -0.25) is 0 Å². The Morgan fingerprint density at radius 2 is 1.19 bits per heavy atom. The molecule has 1 aliphatic heterocycles. The molecule has 4 aromatic rings. The number of hydrogen-bond acceptors (Lipinski definition) is 3. The van der Waals surface area contributed by atoms with Gasteiger partial charge in [-0.25, -0.2) is 4.39 Å². The molecular formula is C27H22FNO2. The van der Waals surface area contributed by atoms with Gasteiger partial charge < -0.3 is 14.4 Å². The number of halogens is 1. The highest BCUT2D eigenvalue weighted by Crippen LogP contribution is 2.56. The monoisotopic (exact) mass is 411 g/mol. The molecule has 1 aliphatic rings. The molecule has 4 aromatic carbocycles. The van der Waals surface area contributed by atoms with Crippen LogP contribution in [0.2, 0.25) is 0 Å². The SMILES string of the molecule is COc1cccc2c1C(c1ccc(F)cc1)c1c(OC)cccc1N2c1ccccc1. The fraction of sp³-hybridized carbons (Fsp3) is 0.111. The molecule has 5 rings (SSSR count). The molecule has 1 heterocycles. The molecule has 0 saturated carbocycles. The van der Waals surface area contributed by atoms with Gasteiger partial charge in [-0.1, -0.05) is 42.5 Å². The van der Waals surface area contributed by atoms with Crippen LogP contribution in [0.25, 0.3) is 0 Å². The second-order valence-corrected chi connectivity index (χ2v) is 7.44. The Morgan fingerprint density at radius 1 is 0.645 bits per heavy atom. The Labute approximate surface area is 181 Å². The maximum absolute atomic E-state index is 13.8. The van der Waals surface area contributed by atoms with Crippen molar-refractivity contribution in [2.24, 2.45) is 0 Å². The van der Waals surface area contributed by atoms with Crippen LogP contribution in [0.15, 0.2) is 91.0 Å². The van der Waals surface area contributed by atoms with Crippen LogP contribution in [0.1, 0.15) is 22.6 Å². The van der Waals surface area contributed by atoms with Crippen molar-refractivity contribution in [1.29, 1.82) is 0 Å². The van der Waals surface area contributed by atoms with Gasteiger partial charge in [0.2, 0.25) is 0 Å². The molecule has 0 bridgehead atoms. The highest BCUT2D eigenvalue weighted by atomic mass is 19.1. The van der Waals surface area contributed by atoms with E-state index in [2.05, 4.69) is 29.2 Å². The van der Waals surface area contributed by atoms with E-state index in [9.17, 15) is 4.39 Å². The van der Waals surface area contributed by atoms with Crippen molar-refractivity contribution in [2.75, 3.05) is 19.1 Å². The lowest BCUT2D eigenvalue weighted by Gasteiger charge is -2.39. The fourth-order valence-corrected chi connectivity index (χ4v) is 4.51. The first-order valence-electron chi connectivity index (χ1n) is 10.2. The summed E-state index contributed by atoms with van der Waals surface area (Å²) in [5.74, 6) is 1.14. The van der Waals surface area contributed by atoms with E-state index in [4.69, 9.17) is 9.47 Å². The first kappa shape index (κ1) is 19.2. The van der Waals surface area contributed by atoms with Gasteiger partial charge >= 0.3 is 0 Å². The van der Waals surface area contributed by atoms with Crippen LogP contribution >= 0.6 is 0 Å². The lowest BCUT2D eigenvalue weighted by molar-refractivity contribution is 0.402. The van der Waals surface area contributed by atoms with Crippen LogP contribution in [-0.2, 0) is 0 Å². The van der Waals surface area contributed by atoms with Crippen LogP contribution in [0, 0.1) is 5.82 Å². The number of ether oxygens (including phenoxy) is 2. The highest BCUT2D eigenvalue weighted by molar-refractivity contribution is 5.88. The van der Waals surface area contributed by atoms with Gasteiger partial charge in [0.25, 0.3) is 0 Å².